The first-order valence-corrected chi connectivity index (χ1v) is 9.05. The number of aryl methyl sites for hydroxylation is 1. The van der Waals surface area contributed by atoms with Crippen molar-refractivity contribution in [2.24, 2.45) is 0 Å². The van der Waals surface area contributed by atoms with Crippen LogP contribution in [-0.2, 0) is 0 Å². The van der Waals surface area contributed by atoms with Gasteiger partial charge in [-0.1, -0.05) is 35.0 Å². The number of nitrogens with zero attached hydrogens (tertiary/aromatic N) is 3. The highest BCUT2D eigenvalue weighted by atomic mass is 32.1. The fraction of sp³-hybridized carbons (Fsp3) is 0.150. The molecule has 0 saturated heterocycles. The van der Waals surface area contributed by atoms with Crippen molar-refractivity contribution in [1.29, 1.82) is 0 Å². The Hall–Kier alpha value is -2.99. The summed E-state index contributed by atoms with van der Waals surface area (Å²) in [7, 11) is 3.46. The van der Waals surface area contributed by atoms with Crippen molar-refractivity contribution in [3.05, 3.63) is 59.0 Å². The maximum Gasteiger partial charge on any atom is 0.253 e. The van der Waals surface area contributed by atoms with E-state index in [0.717, 1.165) is 21.7 Å². The highest BCUT2D eigenvalue weighted by Crippen LogP contribution is 2.33. The van der Waals surface area contributed by atoms with Gasteiger partial charge in [0.05, 0.1) is 5.39 Å². The summed E-state index contributed by atoms with van der Waals surface area (Å²) < 4.78 is 5.42. The lowest BCUT2D eigenvalue weighted by Gasteiger charge is -2.09. The van der Waals surface area contributed by atoms with E-state index in [4.69, 9.17) is 9.51 Å². The number of benzene rings is 2. The summed E-state index contributed by atoms with van der Waals surface area (Å²) in [6.45, 7) is 2.06. The second-order valence-electron chi connectivity index (χ2n) is 6.35. The molecule has 2 heterocycles. The molecule has 0 unspecified atom stereocenters. The summed E-state index contributed by atoms with van der Waals surface area (Å²) in [5.74, 6) is -0.0577. The number of fused-ring (bicyclic) bond motifs is 1. The lowest BCUT2D eigenvalue weighted by molar-refractivity contribution is 0.0828. The second-order valence-corrected chi connectivity index (χ2v) is 7.20. The van der Waals surface area contributed by atoms with Crippen LogP contribution in [0.25, 0.3) is 32.9 Å². The molecule has 1 amide bonds. The van der Waals surface area contributed by atoms with Crippen molar-refractivity contribution >= 4 is 28.2 Å². The molecule has 0 aliphatic carbocycles. The molecule has 0 spiro atoms. The average molecular weight is 363 g/mol. The number of carbonyl (C=O) groups is 1. The Morgan fingerprint density at radius 2 is 1.88 bits per heavy atom. The van der Waals surface area contributed by atoms with Crippen LogP contribution < -0.4 is 0 Å². The van der Waals surface area contributed by atoms with Gasteiger partial charge in [-0.15, -0.1) is 11.3 Å². The van der Waals surface area contributed by atoms with Gasteiger partial charge in [0.2, 0.25) is 0 Å². The number of hydrogen-bond donors (Lipinski definition) is 0. The molecule has 26 heavy (non-hydrogen) atoms. The summed E-state index contributed by atoms with van der Waals surface area (Å²) in [5, 5.41) is 7.86. The molecule has 0 bridgehead atoms. The van der Waals surface area contributed by atoms with Crippen LogP contribution in [0.5, 0.6) is 0 Å². The zero-order valence-electron chi connectivity index (χ0n) is 14.7. The third kappa shape index (κ3) is 2.88. The smallest absolute Gasteiger partial charge is 0.253 e. The molecule has 5 nitrogen and oxygen atoms in total. The zero-order chi connectivity index (χ0) is 18.3. The number of amides is 1. The summed E-state index contributed by atoms with van der Waals surface area (Å²) in [4.78, 5) is 18.5. The van der Waals surface area contributed by atoms with Crippen molar-refractivity contribution in [2.45, 2.75) is 6.92 Å². The molecule has 0 atom stereocenters. The lowest BCUT2D eigenvalue weighted by atomic mass is 10.1. The van der Waals surface area contributed by atoms with Gasteiger partial charge in [-0.25, -0.2) is 4.98 Å². The van der Waals surface area contributed by atoms with E-state index in [1.165, 1.54) is 5.56 Å². The third-order valence-corrected chi connectivity index (χ3v) is 5.06. The van der Waals surface area contributed by atoms with Gasteiger partial charge in [0, 0.05) is 30.6 Å². The first kappa shape index (κ1) is 16.5. The SMILES string of the molecule is Cc1ccc(-c2nc(-c3noc4ccc(C(=O)N(C)C)cc34)cs2)cc1. The molecule has 2 aromatic heterocycles. The molecule has 4 rings (SSSR count). The normalized spacial score (nSPS) is 11.0. The summed E-state index contributed by atoms with van der Waals surface area (Å²) in [6, 6.07) is 13.6. The van der Waals surface area contributed by atoms with Crippen LogP contribution in [-0.4, -0.2) is 35.0 Å². The molecule has 0 saturated carbocycles. The predicted molar refractivity (Wildman–Crippen MR) is 103 cm³/mol. The average Bonchev–Trinajstić information content (AvgIpc) is 3.27. The van der Waals surface area contributed by atoms with Crippen LogP contribution >= 0.6 is 11.3 Å². The van der Waals surface area contributed by atoms with Gasteiger partial charge in [0.15, 0.2) is 5.58 Å². The Balaban J connectivity index is 1.76. The molecule has 0 fully saturated rings. The van der Waals surface area contributed by atoms with Gasteiger partial charge in [-0.05, 0) is 25.1 Å². The molecular weight excluding hydrogens is 346 g/mol. The van der Waals surface area contributed by atoms with E-state index in [-0.39, 0.29) is 5.91 Å². The Kier molecular flexibility index (Phi) is 4.05. The standard InChI is InChI=1S/C20H17N3O2S/c1-12-4-6-13(7-5-12)19-21-16(11-26-19)18-15-10-14(20(24)23(2)3)8-9-17(15)25-22-18/h4-11H,1-3H3. The monoisotopic (exact) mass is 363 g/mol. The number of hydrogen-bond acceptors (Lipinski definition) is 5. The van der Waals surface area contributed by atoms with Crippen molar-refractivity contribution in [3.8, 4) is 22.0 Å². The van der Waals surface area contributed by atoms with Crippen molar-refractivity contribution in [2.75, 3.05) is 14.1 Å². The van der Waals surface area contributed by atoms with Crippen LogP contribution in [0, 0.1) is 6.92 Å². The van der Waals surface area contributed by atoms with E-state index in [2.05, 4.69) is 36.3 Å². The maximum atomic E-state index is 12.2. The predicted octanol–water partition coefficient (Wildman–Crippen LogP) is 4.63. The highest BCUT2D eigenvalue weighted by Gasteiger charge is 2.17. The van der Waals surface area contributed by atoms with Gasteiger partial charge in [-0.3, -0.25) is 4.79 Å². The first-order chi connectivity index (χ1) is 12.5. The molecule has 130 valence electrons. The van der Waals surface area contributed by atoms with Gasteiger partial charge in [0.25, 0.3) is 5.91 Å². The van der Waals surface area contributed by atoms with Crippen LogP contribution in [0.3, 0.4) is 0 Å². The minimum absolute atomic E-state index is 0.0577. The lowest BCUT2D eigenvalue weighted by Crippen LogP contribution is -2.21. The van der Waals surface area contributed by atoms with E-state index >= 15 is 0 Å². The molecule has 0 N–H and O–H groups in total. The van der Waals surface area contributed by atoms with Crippen LogP contribution in [0.4, 0.5) is 0 Å². The van der Waals surface area contributed by atoms with E-state index in [1.54, 1.807) is 42.5 Å². The van der Waals surface area contributed by atoms with Crippen LogP contribution in [0.1, 0.15) is 15.9 Å². The fourth-order valence-electron chi connectivity index (χ4n) is 2.73. The van der Waals surface area contributed by atoms with Crippen molar-refractivity contribution < 1.29 is 9.32 Å². The highest BCUT2D eigenvalue weighted by molar-refractivity contribution is 7.13. The molecule has 0 aliphatic rings. The van der Waals surface area contributed by atoms with Crippen LogP contribution in [0.2, 0.25) is 0 Å². The summed E-state index contributed by atoms with van der Waals surface area (Å²) >= 11 is 1.56. The molecule has 4 aromatic rings. The van der Waals surface area contributed by atoms with Crippen LogP contribution in [0.15, 0.2) is 52.4 Å². The topological polar surface area (TPSA) is 59.2 Å². The Labute approximate surface area is 154 Å². The number of rotatable bonds is 3. The number of thiazole rings is 1. The van der Waals surface area contributed by atoms with Crippen molar-refractivity contribution in [3.63, 3.8) is 0 Å². The first-order valence-electron chi connectivity index (χ1n) is 8.17. The molecule has 0 aliphatic heterocycles. The van der Waals surface area contributed by atoms with Gasteiger partial charge in [-0.2, -0.15) is 0 Å². The number of carbonyl (C=O) groups excluding carboxylic acids is 1. The Morgan fingerprint density at radius 3 is 2.62 bits per heavy atom. The molecule has 0 radical (unpaired) electrons. The summed E-state index contributed by atoms with van der Waals surface area (Å²) in [5.41, 5.74) is 4.93. The minimum atomic E-state index is -0.0577. The van der Waals surface area contributed by atoms with Crippen molar-refractivity contribution in [1.82, 2.24) is 15.0 Å². The van der Waals surface area contributed by atoms with Gasteiger partial charge in [0.1, 0.15) is 16.4 Å². The van der Waals surface area contributed by atoms with E-state index in [1.807, 2.05) is 11.4 Å². The second kappa shape index (κ2) is 6.38. The largest absolute Gasteiger partial charge is 0.356 e. The Morgan fingerprint density at radius 1 is 1.12 bits per heavy atom. The van der Waals surface area contributed by atoms with Gasteiger partial charge < -0.3 is 9.42 Å². The van der Waals surface area contributed by atoms with E-state index in [9.17, 15) is 4.79 Å². The van der Waals surface area contributed by atoms with Gasteiger partial charge >= 0.3 is 0 Å². The molecule has 6 heteroatoms. The number of aromatic nitrogens is 2. The zero-order valence-corrected chi connectivity index (χ0v) is 15.5. The Bertz CT molecular complexity index is 1090. The fourth-order valence-corrected chi connectivity index (χ4v) is 3.54. The maximum absolute atomic E-state index is 12.2. The molecule has 2 aromatic carbocycles. The van der Waals surface area contributed by atoms with E-state index < -0.39 is 0 Å². The minimum Gasteiger partial charge on any atom is -0.356 e. The quantitative estimate of drug-likeness (QED) is 0.532. The van der Waals surface area contributed by atoms with E-state index in [0.29, 0.717) is 16.8 Å². The summed E-state index contributed by atoms with van der Waals surface area (Å²) in [6.07, 6.45) is 0. The molecular formula is C20H17N3O2S. The third-order valence-electron chi connectivity index (χ3n) is 4.17.